The van der Waals surface area contributed by atoms with Crippen molar-refractivity contribution in [2.75, 3.05) is 26.9 Å². The Labute approximate surface area is 182 Å². The van der Waals surface area contributed by atoms with Crippen molar-refractivity contribution >= 4 is 17.5 Å². The SMILES string of the molecule is COCCN(Cc1cccn1Cc1cccc(Cl)c1)C(=O)COCc1ccccc1. The molecule has 6 heteroatoms. The van der Waals surface area contributed by atoms with Gasteiger partial charge in [-0.05, 0) is 35.4 Å². The maximum absolute atomic E-state index is 12.8. The molecule has 158 valence electrons. The summed E-state index contributed by atoms with van der Waals surface area (Å²) in [4.78, 5) is 14.6. The summed E-state index contributed by atoms with van der Waals surface area (Å²) in [5, 5.41) is 0.716. The molecule has 0 aliphatic carbocycles. The highest BCUT2D eigenvalue weighted by Crippen LogP contribution is 2.15. The zero-order chi connectivity index (χ0) is 21.2. The molecule has 0 saturated carbocycles. The fourth-order valence-corrected chi connectivity index (χ4v) is 3.40. The van der Waals surface area contributed by atoms with E-state index in [1.807, 2.05) is 72.9 Å². The first kappa shape index (κ1) is 22.1. The smallest absolute Gasteiger partial charge is 0.249 e. The van der Waals surface area contributed by atoms with Gasteiger partial charge in [-0.25, -0.2) is 0 Å². The van der Waals surface area contributed by atoms with Crippen molar-refractivity contribution in [2.24, 2.45) is 0 Å². The third kappa shape index (κ3) is 6.73. The minimum Gasteiger partial charge on any atom is -0.383 e. The molecule has 1 aromatic heterocycles. The number of hydrogen-bond acceptors (Lipinski definition) is 3. The number of hydrogen-bond donors (Lipinski definition) is 0. The van der Waals surface area contributed by atoms with Gasteiger partial charge in [-0.3, -0.25) is 4.79 Å². The summed E-state index contributed by atoms with van der Waals surface area (Å²) in [5.74, 6) is -0.0570. The van der Waals surface area contributed by atoms with Crippen molar-refractivity contribution in [3.8, 4) is 0 Å². The van der Waals surface area contributed by atoms with E-state index in [1.54, 1.807) is 12.0 Å². The van der Waals surface area contributed by atoms with E-state index in [0.717, 1.165) is 16.8 Å². The number of ether oxygens (including phenoxy) is 2. The lowest BCUT2D eigenvalue weighted by molar-refractivity contribution is -0.138. The highest BCUT2D eigenvalue weighted by Gasteiger charge is 2.16. The number of halogens is 1. The first-order valence-corrected chi connectivity index (χ1v) is 10.3. The van der Waals surface area contributed by atoms with Crippen LogP contribution in [-0.2, 0) is 34.0 Å². The van der Waals surface area contributed by atoms with Gasteiger partial charge in [0.15, 0.2) is 0 Å². The maximum Gasteiger partial charge on any atom is 0.249 e. The Morgan fingerprint density at radius 3 is 2.60 bits per heavy atom. The van der Waals surface area contributed by atoms with Gasteiger partial charge in [-0.1, -0.05) is 54.1 Å². The second kappa shape index (κ2) is 11.6. The molecule has 0 N–H and O–H groups in total. The normalized spacial score (nSPS) is 10.9. The minimum atomic E-state index is -0.0570. The topological polar surface area (TPSA) is 43.7 Å². The van der Waals surface area contributed by atoms with Crippen LogP contribution in [0.5, 0.6) is 0 Å². The third-order valence-electron chi connectivity index (χ3n) is 4.77. The number of nitrogens with zero attached hydrogens (tertiary/aromatic N) is 2. The van der Waals surface area contributed by atoms with Gasteiger partial charge in [0.2, 0.25) is 5.91 Å². The van der Waals surface area contributed by atoms with E-state index in [1.165, 1.54) is 0 Å². The van der Waals surface area contributed by atoms with E-state index in [2.05, 4.69) is 4.57 Å². The van der Waals surface area contributed by atoms with Gasteiger partial charge < -0.3 is 18.9 Å². The molecule has 0 atom stereocenters. The van der Waals surface area contributed by atoms with E-state index < -0.39 is 0 Å². The highest BCUT2D eigenvalue weighted by molar-refractivity contribution is 6.30. The van der Waals surface area contributed by atoms with Crippen LogP contribution in [0.15, 0.2) is 72.9 Å². The van der Waals surface area contributed by atoms with Gasteiger partial charge in [0.05, 0.1) is 19.8 Å². The molecule has 0 unspecified atom stereocenters. The lowest BCUT2D eigenvalue weighted by atomic mass is 10.2. The van der Waals surface area contributed by atoms with Crippen LogP contribution in [-0.4, -0.2) is 42.2 Å². The fraction of sp³-hybridized carbons (Fsp3) is 0.292. The molecule has 0 bridgehead atoms. The first-order chi connectivity index (χ1) is 14.7. The fourth-order valence-electron chi connectivity index (χ4n) is 3.19. The molecule has 1 amide bonds. The largest absolute Gasteiger partial charge is 0.383 e. The maximum atomic E-state index is 12.8. The molecule has 1 heterocycles. The number of carbonyl (C=O) groups excluding carboxylic acids is 1. The molecule has 0 spiro atoms. The van der Waals surface area contributed by atoms with Crippen molar-refractivity contribution in [1.82, 2.24) is 9.47 Å². The van der Waals surface area contributed by atoms with Crippen molar-refractivity contribution in [3.63, 3.8) is 0 Å². The number of rotatable bonds is 11. The van der Waals surface area contributed by atoms with Crippen LogP contribution in [0.4, 0.5) is 0 Å². The van der Waals surface area contributed by atoms with E-state index in [9.17, 15) is 4.79 Å². The third-order valence-corrected chi connectivity index (χ3v) is 5.01. The van der Waals surface area contributed by atoms with Crippen LogP contribution >= 0.6 is 11.6 Å². The quantitative estimate of drug-likeness (QED) is 0.457. The van der Waals surface area contributed by atoms with Crippen LogP contribution in [0.3, 0.4) is 0 Å². The molecule has 3 rings (SSSR count). The highest BCUT2D eigenvalue weighted by atomic mass is 35.5. The Balaban J connectivity index is 1.61. The summed E-state index contributed by atoms with van der Waals surface area (Å²) in [6.07, 6.45) is 2.01. The average molecular weight is 427 g/mol. The van der Waals surface area contributed by atoms with Gasteiger partial charge in [0.1, 0.15) is 6.61 Å². The summed E-state index contributed by atoms with van der Waals surface area (Å²) in [7, 11) is 1.64. The summed E-state index contributed by atoms with van der Waals surface area (Å²) >= 11 is 6.11. The molecule has 5 nitrogen and oxygen atoms in total. The number of carbonyl (C=O) groups is 1. The monoisotopic (exact) mass is 426 g/mol. The summed E-state index contributed by atoms with van der Waals surface area (Å²) < 4.78 is 13.0. The van der Waals surface area contributed by atoms with Crippen LogP contribution in [0.2, 0.25) is 5.02 Å². The Morgan fingerprint density at radius 1 is 1.03 bits per heavy atom. The van der Waals surface area contributed by atoms with Gasteiger partial charge in [-0.15, -0.1) is 0 Å². The molecule has 0 radical (unpaired) electrons. The first-order valence-electron chi connectivity index (χ1n) is 9.92. The van der Waals surface area contributed by atoms with E-state index in [-0.39, 0.29) is 12.5 Å². The Kier molecular flexibility index (Phi) is 8.51. The number of benzene rings is 2. The van der Waals surface area contributed by atoms with Crippen molar-refractivity contribution in [3.05, 3.63) is 94.8 Å². The Morgan fingerprint density at radius 2 is 1.83 bits per heavy atom. The van der Waals surface area contributed by atoms with Crippen molar-refractivity contribution in [1.29, 1.82) is 0 Å². The van der Waals surface area contributed by atoms with E-state index in [0.29, 0.717) is 37.9 Å². The molecule has 2 aromatic carbocycles. The van der Waals surface area contributed by atoms with Crippen LogP contribution in [0.1, 0.15) is 16.8 Å². The van der Waals surface area contributed by atoms with Crippen LogP contribution < -0.4 is 0 Å². The molecular formula is C24H27ClN2O3. The zero-order valence-electron chi connectivity index (χ0n) is 17.2. The lowest BCUT2D eigenvalue weighted by Crippen LogP contribution is -2.36. The predicted molar refractivity (Wildman–Crippen MR) is 118 cm³/mol. The lowest BCUT2D eigenvalue weighted by Gasteiger charge is -2.23. The van der Waals surface area contributed by atoms with Crippen molar-refractivity contribution in [2.45, 2.75) is 19.7 Å². The van der Waals surface area contributed by atoms with Gasteiger partial charge in [0.25, 0.3) is 0 Å². The summed E-state index contributed by atoms with van der Waals surface area (Å²) in [6.45, 7) is 2.61. The average Bonchev–Trinajstić information content (AvgIpc) is 3.18. The van der Waals surface area contributed by atoms with Crippen molar-refractivity contribution < 1.29 is 14.3 Å². The molecule has 0 saturated heterocycles. The standard InChI is InChI=1S/C24H27ClN2O3/c1-29-14-13-27(24(28)19-30-18-20-7-3-2-4-8-20)17-23-11-6-12-26(23)16-21-9-5-10-22(25)15-21/h2-12,15H,13-14,16-19H2,1H3. The molecule has 0 aliphatic heterocycles. The Bertz CT molecular complexity index is 927. The zero-order valence-corrected chi connectivity index (χ0v) is 17.9. The minimum absolute atomic E-state index is 0.0353. The summed E-state index contributed by atoms with van der Waals surface area (Å²) in [6, 6.07) is 21.7. The van der Waals surface area contributed by atoms with E-state index >= 15 is 0 Å². The summed E-state index contributed by atoms with van der Waals surface area (Å²) in [5.41, 5.74) is 3.20. The molecule has 0 fully saturated rings. The van der Waals surface area contributed by atoms with E-state index in [4.69, 9.17) is 21.1 Å². The second-order valence-corrected chi connectivity index (χ2v) is 7.48. The van der Waals surface area contributed by atoms with Gasteiger partial charge in [-0.2, -0.15) is 0 Å². The Hall–Kier alpha value is -2.60. The van der Waals surface area contributed by atoms with Gasteiger partial charge in [0, 0.05) is 37.1 Å². The van der Waals surface area contributed by atoms with Crippen LogP contribution in [0, 0.1) is 0 Å². The molecule has 3 aromatic rings. The molecule has 30 heavy (non-hydrogen) atoms. The van der Waals surface area contributed by atoms with Crippen LogP contribution in [0.25, 0.3) is 0 Å². The second-order valence-electron chi connectivity index (χ2n) is 7.04. The number of aromatic nitrogens is 1. The molecule has 0 aliphatic rings. The number of methoxy groups -OCH3 is 1. The number of amides is 1. The molecular weight excluding hydrogens is 400 g/mol. The van der Waals surface area contributed by atoms with Gasteiger partial charge >= 0.3 is 0 Å². The predicted octanol–water partition coefficient (Wildman–Crippen LogP) is 4.38.